The summed E-state index contributed by atoms with van der Waals surface area (Å²) in [5.74, 6) is 1.67. The molecule has 0 radical (unpaired) electrons. The van der Waals surface area contributed by atoms with E-state index in [1.54, 1.807) is 39.5 Å². The van der Waals surface area contributed by atoms with Crippen molar-refractivity contribution in [3.8, 4) is 17.2 Å². The van der Waals surface area contributed by atoms with Gasteiger partial charge < -0.3 is 23.7 Å². The molecule has 4 aromatic carbocycles. The monoisotopic (exact) mass is 506 g/mol. The predicted molar refractivity (Wildman–Crippen MR) is 151 cm³/mol. The van der Waals surface area contributed by atoms with Gasteiger partial charge in [0.25, 0.3) is 5.91 Å². The molecule has 2 unspecified atom stereocenters. The number of para-hydroxylation sites is 3. The lowest BCUT2D eigenvalue weighted by atomic mass is 9.90. The number of carbonyl (C=O) groups is 1. The molecule has 0 fully saturated rings. The maximum absolute atomic E-state index is 14.1. The van der Waals surface area contributed by atoms with Gasteiger partial charge in [0.2, 0.25) is 0 Å². The molecule has 6 nitrogen and oxygen atoms in total. The molecule has 2 heterocycles. The van der Waals surface area contributed by atoms with Crippen molar-refractivity contribution in [3.05, 3.63) is 96.1 Å². The van der Waals surface area contributed by atoms with E-state index in [2.05, 4.69) is 66.1 Å². The van der Waals surface area contributed by atoms with Crippen molar-refractivity contribution in [2.45, 2.75) is 25.4 Å². The molecule has 1 aliphatic rings. The van der Waals surface area contributed by atoms with Crippen LogP contribution >= 0.6 is 0 Å². The first-order chi connectivity index (χ1) is 18.6. The Morgan fingerprint density at radius 2 is 1.37 bits per heavy atom. The largest absolute Gasteiger partial charge is 0.495 e. The maximum Gasteiger partial charge on any atom is 0.258 e. The van der Waals surface area contributed by atoms with Crippen LogP contribution in [0.2, 0.25) is 0 Å². The third-order valence-corrected chi connectivity index (χ3v) is 7.63. The molecule has 0 bridgehead atoms. The number of hydrogen-bond donors (Lipinski definition) is 0. The lowest BCUT2D eigenvalue weighted by molar-refractivity contribution is 0.0971. The maximum atomic E-state index is 14.1. The molecule has 5 aromatic rings. The van der Waals surface area contributed by atoms with E-state index in [1.807, 2.05) is 17.0 Å². The van der Waals surface area contributed by atoms with Gasteiger partial charge in [-0.2, -0.15) is 0 Å². The molecule has 1 aromatic heterocycles. The average molecular weight is 507 g/mol. The standard InChI is InChI=1S/C32H30N2O4/c1-20-18-27(34-25-13-7-5-10-22(25)23-11-6-8-14-26(23)34)24-12-9-15-29(37-3)31(24)33(20)32(35)21-16-17-28(36-2)30(19-21)38-4/h5-17,19-20,27H,18H2,1-4H3. The Morgan fingerprint density at radius 3 is 2.00 bits per heavy atom. The third kappa shape index (κ3) is 3.59. The molecule has 6 heteroatoms. The normalized spacial score (nSPS) is 16.9. The van der Waals surface area contributed by atoms with Gasteiger partial charge >= 0.3 is 0 Å². The second kappa shape index (κ2) is 9.45. The van der Waals surface area contributed by atoms with Crippen molar-refractivity contribution < 1.29 is 19.0 Å². The van der Waals surface area contributed by atoms with E-state index in [0.29, 0.717) is 22.8 Å². The summed E-state index contributed by atoms with van der Waals surface area (Å²) >= 11 is 0. The lowest BCUT2D eigenvalue weighted by Gasteiger charge is -2.41. The van der Waals surface area contributed by atoms with E-state index in [1.165, 1.54) is 21.8 Å². The Hall–Kier alpha value is -4.45. The van der Waals surface area contributed by atoms with Gasteiger partial charge in [-0.3, -0.25) is 4.79 Å². The first kappa shape index (κ1) is 23.9. The van der Waals surface area contributed by atoms with Crippen LogP contribution in [-0.4, -0.2) is 37.8 Å². The number of ether oxygens (including phenoxy) is 3. The zero-order valence-electron chi connectivity index (χ0n) is 22.0. The van der Waals surface area contributed by atoms with Gasteiger partial charge in [0.05, 0.1) is 33.1 Å². The molecule has 0 N–H and O–H groups in total. The van der Waals surface area contributed by atoms with Crippen LogP contribution in [0, 0.1) is 0 Å². The van der Waals surface area contributed by atoms with E-state index in [0.717, 1.165) is 17.7 Å². The summed E-state index contributed by atoms with van der Waals surface area (Å²) in [6.45, 7) is 2.11. The second-order valence-corrected chi connectivity index (χ2v) is 9.65. The molecule has 6 rings (SSSR count). The Labute approximate surface area is 222 Å². The third-order valence-electron chi connectivity index (χ3n) is 7.63. The van der Waals surface area contributed by atoms with Crippen LogP contribution in [0.1, 0.15) is 35.3 Å². The summed E-state index contributed by atoms with van der Waals surface area (Å²) in [6.07, 6.45) is 0.752. The molecule has 1 aliphatic heterocycles. The van der Waals surface area contributed by atoms with Gasteiger partial charge in [0.15, 0.2) is 11.5 Å². The molecule has 0 spiro atoms. The number of nitrogens with zero attached hydrogens (tertiary/aromatic N) is 2. The number of hydrogen-bond acceptors (Lipinski definition) is 4. The van der Waals surface area contributed by atoms with Gasteiger partial charge in [0.1, 0.15) is 5.75 Å². The van der Waals surface area contributed by atoms with Gasteiger partial charge in [-0.25, -0.2) is 0 Å². The summed E-state index contributed by atoms with van der Waals surface area (Å²) in [5, 5.41) is 2.45. The molecule has 192 valence electrons. The summed E-state index contributed by atoms with van der Waals surface area (Å²) in [7, 11) is 4.82. The number of carbonyl (C=O) groups excluding carboxylic acids is 1. The van der Waals surface area contributed by atoms with E-state index in [9.17, 15) is 4.79 Å². The van der Waals surface area contributed by atoms with Crippen molar-refractivity contribution in [2.75, 3.05) is 26.2 Å². The van der Waals surface area contributed by atoms with Gasteiger partial charge in [0, 0.05) is 39.0 Å². The summed E-state index contributed by atoms with van der Waals surface area (Å²) < 4.78 is 19.1. The number of rotatable bonds is 5. The fourth-order valence-electron chi connectivity index (χ4n) is 5.95. The average Bonchev–Trinajstić information content (AvgIpc) is 3.30. The highest BCUT2D eigenvalue weighted by atomic mass is 16.5. The van der Waals surface area contributed by atoms with E-state index < -0.39 is 0 Å². The number of amides is 1. The van der Waals surface area contributed by atoms with Crippen LogP contribution in [0.3, 0.4) is 0 Å². The Morgan fingerprint density at radius 1 is 0.737 bits per heavy atom. The smallest absolute Gasteiger partial charge is 0.258 e. The highest BCUT2D eigenvalue weighted by Crippen LogP contribution is 2.47. The highest BCUT2D eigenvalue weighted by Gasteiger charge is 2.38. The molecule has 38 heavy (non-hydrogen) atoms. The summed E-state index contributed by atoms with van der Waals surface area (Å²) in [4.78, 5) is 16.0. The first-order valence-electron chi connectivity index (χ1n) is 12.8. The molecular formula is C32H30N2O4. The van der Waals surface area contributed by atoms with Crippen LogP contribution in [0.4, 0.5) is 5.69 Å². The quantitative estimate of drug-likeness (QED) is 0.262. The Kier molecular flexibility index (Phi) is 5.95. The fraction of sp³-hybridized carbons (Fsp3) is 0.219. The van der Waals surface area contributed by atoms with Crippen molar-refractivity contribution in [1.29, 1.82) is 0 Å². The van der Waals surface area contributed by atoms with Crippen LogP contribution in [0.5, 0.6) is 17.2 Å². The second-order valence-electron chi connectivity index (χ2n) is 9.65. The van der Waals surface area contributed by atoms with Crippen molar-refractivity contribution in [1.82, 2.24) is 4.57 Å². The lowest BCUT2D eigenvalue weighted by Crippen LogP contribution is -2.44. The topological polar surface area (TPSA) is 52.9 Å². The SMILES string of the molecule is COc1ccc(C(=O)N2c3c(OC)cccc3C(n3c4ccccc4c4ccccc43)CC2C)cc1OC. The minimum Gasteiger partial charge on any atom is -0.495 e. The van der Waals surface area contributed by atoms with Crippen molar-refractivity contribution >= 4 is 33.4 Å². The molecule has 0 saturated carbocycles. The number of fused-ring (bicyclic) bond motifs is 4. The molecule has 0 aliphatic carbocycles. The molecule has 1 amide bonds. The van der Waals surface area contributed by atoms with Crippen LogP contribution in [-0.2, 0) is 0 Å². The number of anilines is 1. The number of aromatic nitrogens is 1. The molecule has 0 saturated heterocycles. The van der Waals surface area contributed by atoms with E-state index >= 15 is 0 Å². The van der Waals surface area contributed by atoms with Gasteiger partial charge in [-0.05, 0) is 49.7 Å². The predicted octanol–water partition coefficient (Wildman–Crippen LogP) is 6.85. The zero-order valence-corrected chi connectivity index (χ0v) is 22.0. The zero-order chi connectivity index (χ0) is 26.4. The molecular weight excluding hydrogens is 476 g/mol. The van der Waals surface area contributed by atoms with Gasteiger partial charge in [-0.15, -0.1) is 0 Å². The van der Waals surface area contributed by atoms with Crippen LogP contribution < -0.4 is 19.1 Å². The van der Waals surface area contributed by atoms with Crippen molar-refractivity contribution in [3.63, 3.8) is 0 Å². The van der Waals surface area contributed by atoms with E-state index in [4.69, 9.17) is 14.2 Å². The Bertz CT molecular complexity index is 1620. The fourth-order valence-corrected chi connectivity index (χ4v) is 5.95. The molecule has 2 atom stereocenters. The number of methoxy groups -OCH3 is 3. The number of benzene rings is 4. The first-order valence-corrected chi connectivity index (χ1v) is 12.8. The van der Waals surface area contributed by atoms with Gasteiger partial charge in [-0.1, -0.05) is 48.5 Å². The van der Waals surface area contributed by atoms with Crippen LogP contribution in [0.15, 0.2) is 84.9 Å². The Balaban J connectivity index is 1.54. The minimum absolute atomic E-state index is 0.0225. The summed E-state index contributed by atoms with van der Waals surface area (Å²) in [5.41, 5.74) is 4.75. The summed E-state index contributed by atoms with van der Waals surface area (Å²) in [6, 6.07) is 28.3. The van der Waals surface area contributed by atoms with E-state index in [-0.39, 0.29) is 18.0 Å². The minimum atomic E-state index is -0.107. The van der Waals surface area contributed by atoms with Crippen LogP contribution in [0.25, 0.3) is 21.8 Å². The highest BCUT2D eigenvalue weighted by molar-refractivity contribution is 6.10. The van der Waals surface area contributed by atoms with Crippen molar-refractivity contribution in [2.24, 2.45) is 0 Å².